The van der Waals surface area contributed by atoms with Crippen molar-refractivity contribution < 1.29 is 13.2 Å². The van der Waals surface area contributed by atoms with Gasteiger partial charge >= 0.3 is 0 Å². The van der Waals surface area contributed by atoms with Crippen LogP contribution in [0.15, 0.2) is 82.2 Å². The zero-order chi connectivity index (χ0) is 21.3. The van der Waals surface area contributed by atoms with Crippen molar-refractivity contribution in [2.24, 2.45) is 0 Å². The summed E-state index contributed by atoms with van der Waals surface area (Å²) < 4.78 is 28.4. The Bertz CT molecular complexity index is 1180. The fourth-order valence-corrected chi connectivity index (χ4v) is 5.41. The van der Waals surface area contributed by atoms with Gasteiger partial charge in [0.05, 0.1) is 10.6 Å². The van der Waals surface area contributed by atoms with Gasteiger partial charge < -0.3 is 4.90 Å². The number of sulfonamides is 1. The van der Waals surface area contributed by atoms with Crippen LogP contribution in [0.1, 0.15) is 21.5 Å². The summed E-state index contributed by atoms with van der Waals surface area (Å²) in [7, 11) is -1.87. The van der Waals surface area contributed by atoms with Gasteiger partial charge in [-0.05, 0) is 60.0 Å². The normalized spacial score (nSPS) is 13.2. The van der Waals surface area contributed by atoms with Crippen LogP contribution in [-0.2, 0) is 23.0 Å². The molecule has 0 N–H and O–H groups in total. The molecule has 3 aromatic rings. The molecule has 1 heterocycles. The van der Waals surface area contributed by atoms with E-state index in [1.54, 1.807) is 48.3 Å². The van der Waals surface area contributed by atoms with Gasteiger partial charge in [0.2, 0.25) is 0 Å². The van der Waals surface area contributed by atoms with Gasteiger partial charge in [-0.3, -0.25) is 9.10 Å². The molecular formula is C23H21BrN2O3S. The number of carbonyl (C=O) groups is 1. The van der Waals surface area contributed by atoms with Crippen LogP contribution in [0.2, 0.25) is 0 Å². The smallest absolute Gasteiger partial charge is 0.264 e. The molecule has 0 radical (unpaired) electrons. The van der Waals surface area contributed by atoms with Crippen molar-refractivity contribution in [3.05, 3.63) is 94.0 Å². The lowest BCUT2D eigenvalue weighted by Crippen LogP contribution is -2.29. The number of nitrogens with zero attached hydrogens (tertiary/aromatic N) is 2. The quantitative estimate of drug-likeness (QED) is 0.536. The lowest BCUT2D eigenvalue weighted by Gasteiger charge is -2.21. The zero-order valence-corrected chi connectivity index (χ0v) is 18.9. The van der Waals surface area contributed by atoms with Crippen LogP contribution in [0.4, 0.5) is 5.69 Å². The summed E-state index contributed by atoms with van der Waals surface area (Å²) in [5.41, 5.74) is 3.13. The van der Waals surface area contributed by atoms with Gasteiger partial charge in [-0.15, -0.1) is 0 Å². The third-order valence-electron chi connectivity index (χ3n) is 5.19. The molecule has 0 unspecified atom stereocenters. The van der Waals surface area contributed by atoms with Gasteiger partial charge in [-0.25, -0.2) is 8.42 Å². The molecular weight excluding hydrogens is 464 g/mol. The molecule has 4 rings (SSSR count). The van der Waals surface area contributed by atoms with Gasteiger partial charge in [0.25, 0.3) is 15.9 Å². The molecule has 7 heteroatoms. The van der Waals surface area contributed by atoms with E-state index in [1.807, 2.05) is 36.4 Å². The molecule has 3 aromatic carbocycles. The van der Waals surface area contributed by atoms with Gasteiger partial charge in [-0.2, -0.15) is 0 Å². The summed E-state index contributed by atoms with van der Waals surface area (Å²) in [6.07, 6.45) is 0.578. The fraction of sp³-hybridized carbons (Fsp3) is 0.174. The highest BCUT2D eigenvalue weighted by molar-refractivity contribution is 9.10. The zero-order valence-electron chi connectivity index (χ0n) is 16.5. The molecule has 0 aliphatic carbocycles. The molecule has 5 nitrogen and oxygen atoms in total. The monoisotopic (exact) mass is 484 g/mol. The van der Waals surface area contributed by atoms with E-state index in [0.29, 0.717) is 30.8 Å². The SMILES string of the molecule is CN(Cc1ccccc1)C(=O)c1ccc2c(c1)CCN2S(=O)(=O)c1ccc(Br)cc1. The predicted octanol–water partition coefficient (Wildman–Crippen LogP) is 4.47. The van der Waals surface area contributed by atoms with Crippen LogP contribution >= 0.6 is 15.9 Å². The Morgan fingerprint density at radius 1 is 1.03 bits per heavy atom. The highest BCUT2D eigenvalue weighted by Gasteiger charge is 2.31. The van der Waals surface area contributed by atoms with Crippen LogP contribution in [0.5, 0.6) is 0 Å². The number of amides is 1. The summed E-state index contributed by atoms with van der Waals surface area (Å²) in [6, 6.07) is 21.7. The van der Waals surface area contributed by atoms with Crippen LogP contribution in [0, 0.1) is 0 Å². The van der Waals surface area contributed by atoms with Crippen LogP contribution in [-0.4, -0.2) is 32.8 Å². The molecule has 0 spiro atoms. The first kappa shape index (κ1) is 20.6. The third kappa shape index (κ3) is 4.00. The molecule has 0 aromatic heterocycles. The second-order valence-electron chi connectivity index (χ2n) is 7.27. The van der Waals surface area contributed by atoms with Crippen molar-refractivity contribution in [3.8, 4) is 0 Å². The van der Waals surface area contributed by atoms with E-state index in [-0.39, 0.29) is 10.8 Å². The van der Waals surface area contributed by atoms with Crippen molar-refractivity contribution >= 4 is 37.5 Å². The molecule has 0 saturated heterocycles. The minimum atomic E-state index is -3.64. The Hall–Kier alpha value is -2.64. The van der Waals surface area contributed by atoms with Crippen molar-refractivity contribution in [2.75, 3.05) is 17.9 Å². The minimum absolute atomic E-state index is 0.0872. The number of rotatable bonds is 5. The Kier molecular flexibility index (Phi) is 5.66. The Balaban J connectivity index is 1.56. The van der Waals surface area contributed by atoms with Gasteiger partial charge in [-0.1, -0.05) is 46.3 Å². The number of fused-ring (bicyclic) bond motifs is 1. The second-order valence-corrected chi connectivity index (χ2v) is 10.0. The molecule has 0 fully saturated rings. The topological polar surface area (TPSA) is 57.7 Å². The number of benzene rings is 3. The number of halogens is 1. The van der Waals surface area contributed by atoms with E-state index in [1.165, 1.54) is 4.31 Å². The first-order chi connectivity index (χ1) is 14.4. The highest BCUT2D eigenvalue weighted by Crippen LogP contribution is 2.34. The average molecular weight is 485 g/mol. The summed E-state index contributed by atoms with van der Waals surface area (Å²) in [6.45, 7) is 0.881. The van der Waals surface area contributed by atoms with Gasteiger partial charge in [0, 0.05) is 30.2 Å². The molecule has 0 atom stereocenters. The standard InChI is InChI=1S/C23H21BrN2O3S/c1-25(16-17-5-3-2-4-6-17)23(27)19-7-12-22-18(15-19)13-14-26(22)30(28,29)21-10-8-20(24)9-11-21/h2-12,15H,13-14,16H2,1H3. The maximum Gasteiger partial charge on any atom is 0.264 e. The highest BCUT2D eigenvalue weighted by atomic mass is 79.9. The molecule has 30 heavy (non-hydrogen) atoms. The Morgan fingerprint density at radius 2 is 1.73 bits per heavy atom. The molecule has 0 bridgehead atoms. The van der Waals surface area contributed by atoms with Gasteiger partial charge in [0.1, 0.15) is 0 Å². The van der Waals surface area contributed by atoms with Crippen LogP contribution in [0.3, 0.4) is 0 Å². The number of anilines is 1. The van der Waals surface area contributed by atoms with E-state index in [0.717, 1.165) is 15.6 Å². The Morgan fingerprint density at radius 3 is 2.43 bits per heavy atom. The average Bonchev–Trinajstić information content (AvgIpc) is 3.18. The van der Waals surface area contributed by atoms with Crippen LogP contribution in [0.25, 0.3) is 0 Å². The van der Waals surface area contributed by atoms with Gasteiger partial charge in [0.15, 0.2) is 0 Å². The largest absolute Gasteiger partial charge is 0.337 e. The first-order valence-electron chi connectivity index (χ1n) is 9.57. The van der Waals surface area contributed by atoms with Crippen molar-refractivity contribution in [3.63, 3.8) is 0 Å². The lowest BCUT2D eigenvalue weighted by molar-refractivity contribution is 0.0785. The summed E-state index contributed by atoms with van der Waals surface area (Å²) in [4.78, 5) is 14.8. The molecule has 1 aliphatic heterocycles. The van der Waals surface area contributed by atoms with E-state index < -0.39 is 10.0 Å². The Labute approximate surface area is 185 Å². The summed E-state index contributed by atoms with van der Waals surface area (Å²) in [5.74, 6) is -0.0872. The van der Waals surface area contributed by atoms with Crippen LogP contribution < -0.4 is 4.31 Å². The number of carbonyl (C=O) groups excluding carboxylic acids is 1. The second kappa shape index (κ2) is 8.24. The summed E-state index contributed by atoms with van der Waals surface area (Å²) >= 11 is 3.33. The predicted molar refractivity (Wildman–Crippen MR) is 121 cm³/mol. The van der Waals surface area contributed by atoms with Crippen molar-refractivity contribution in [1.82, 2.24) is 4.90 Å². The van der Waals surface area contributed by atoms with Crippen molar-refractivity contribution in [1.29, 1.82) is 0 Å². The summed E-state index contributed by atoms with van der Waals surface area (Å²) in [5, 5.41) is 0. The molecule has 1 aliphatic rings. The third-order valence-corrected chi connectivity index (χ3v) is 7.55. The number of hydrogen-bond donors (Lipinski definition) is 0. The first-order valence-corrected chi connectivity index (χ1v) is 11.8. The fourth-order valence-electron chi connectivity index (χ4n) is 3.64. The molecule has 154 valence electrons. The maximum absolute atomic E-state index is 13.1. The molecule has 0 saturated carbocycles. The number of hydrogen-bond acceptors (Lipinski definition) is 3. The van der Waals surface area contributed by atoms with E-state index >= 15 is 0 Å². The lowest BCUT2D eigenvalue weighted by atomic mass is 10.1. The van der Waals surface area contributed by atoms with E-state index in [9.17, 15) is 13.2 Å². The minimum Gasteiger partial charge on any atom is -0.337 e. The molecule has 1 amide bonds. The van der Waals surface area contributed by atoms with E-state index in [4.69, 9.17) is 0 Å². The maximum atomic E-state index is 13.1. The van der Waals surface area contributed by atoms with E-state index in [2.05, 4.69) is 15.9 Å². The van der Waals surface area contributed by atoms with Crippen molar-refractivity contribution in [2.45, 2.75) is 17.9 Å².